The quantitative estimate of drug-likeness (QED) is 0.628. The monoisotopic (exact) mass is 388 g/mol. The Hall–Kier alpha value is -3.13. The molecule has 0 saturated heterocycles. The van der Waals surface area contributed by atoms with Crippen LogP contribution in [0.5, 0.6) is 0 Å². The molecule has 1 atom stereocenters. The van der Waals surface area contributed by atoms with E-state index in [-0.39, 0.29) is 23.6 Å². The van der Waals surface area contributed by atoms with Crippen LogP contribution in [0.2, 0.25) is 0 Å². The number of aliphatic hydroxyl groups is 1. The average Bonchev–Trinajstić information content (AvgIpc) is 2.94. The predicted molar refractivity (Wildman–Crippen MR) is 102 cm³/mol. The maximum absolute atomic E-state index is 12.3. The second-order valence-electron chi connectivity index (χ2n) is 6.23. The first-order valence-corrected chi connectivity index (χ1v) is 8.86. The molecule has 150 valence electrons. The molecule has 0 bridgehead atoms. The van der Waals surface area contributed by atoms with Gasteiger partial charge in [0.25, 0.3) is 5.91 Å². The van der Waals surface area contributed by atoms with E-state index < -0.39 is 30.6 Å². The van der Waals surface area contributed by atoms with E-state index in [0.29, 0.717) is 16.8 Å². The van der Waals surface area contributed by atoms with Crippen molar-refractivity contribution in [3.05, 3.63) is 52.3 Å². The molecule has 0 aliphatic carbocycles. The summed E-state index contributed by atoms with van der Waals surface area (Å²) in [4.78, 5) is 39.3. The summed E-state index contributed by atoms with van der Waals surface area (Å²) < 4.78 is 10.0. The van der Waals surface area contributed by atoms with Crippen molar-refractivity contribution in [1.82, 2.24) is 4.98 Å². The van der Waals surface area contributed by atoms with Gasteiger partial charge >= 0.3 is 11.9 Å². The number of aliphatic hydroxyl groups excluding tert-OH is 1. The molecule has 0 unspecified atom stereocenters. The van der Waals surface area contributed by atoms with E-state index in [1.54, 1.807) is 45.9 Å². The van der Waals surface area contributed by atoms with Gasteiger partial charge in [-0.05, 0) is 45.4 Å². The van der Waals surface area contributed by atoms with Crippen LogP contribution in [0.25, 0.3) is 0 Å². The van der Waals surface area contributed by atoms with E-state index in [1.807, 2.05) is 0 Å². The molecule has 8 heteroatoms. The van der Waals surface area contributed by atoms with E-state index in [9.17, 15) is 19.5 Å². The lowest BCUT2D eigenvalue weighted by atomic mass is 10.1. The van der Waals surface area contributed by atoms with Crippen molar-refractivity contribution in [1.29, 1.82) is 0 Å². The minimum absolute atomic E-state index is 0.188. The summed E-state index contributed by atoms with van der Waals surface area (Å²) in [5, 5.41) is 12.3. The number of H-pyrrole nitrogens is 1. The van der Waals surface area contributed by atoms with Gasteiger partial charge in [0.2, 0.25) is 0 Å². The standard InChI is InChI=1S/C20H24N2O6/c1-5-27-19(25)14-8-6-7-9-15(14)22-16(24)10-28-20(26)18-11(2)17(13(4)23)12(3)21-18/h6-9,13,21,23H,5,10H2,1-4H3,(H,22,24)/t13-/m0/s1. The Bertz CT molecular complexity index is 885. The molecule has 1 aromatic carbocycles. The number of anilines is 1. The Morgan fingerprint density at radius 2 is 1.82 bits per heavy atom. The second kappa shape index (κ2) is 9.18. The van der Waals surface area contributed by atoms with Gasteiger partial charge in [-0.2, -0.15) is 0 Å². The van der Waals surface area contributed by atoms with Gasteiger partial charge in [0, 0.05) is 11.3 Å². The number of nitrogens with one attached hydrogen (secondary N) is 2. The van der Waals surface area contributed by atoms with Crippen LogP contribution in [0.4, 0.5) is 5.69 Å². The summed E-state index contributed by atoms with van der Waals surface area (Å²) in [5.41, 5.74) is 2.53. The molecule has 3 N–H and O–H groups in total. The molecule has 0 saturated carbocycles. The van der Waals surface area contributed by atoms with Crippen LogP contribution in [0.1, 0.15) is 57.6 Å². The van der Waals surface area contributed by atoms with Crippen molar-refractivity contribution in [3.8, 4) is 0 Å². The smallest absolute Gasteiger partial charge is 0.355 e. The Balaban J connectivity index is 2.03. The molecule has 1 amide bonds. The number of hydrogen-bond donors (Lipinski definition) is 3. The summed E-state index contributed by atoms with van der Waals surface area (Å²) in [6.07, 6.45) is -0.736. The van der Waals surface area contributed by atoms with Crippen molar-refractivity contribution in [2.75, 3.05) is 18.5 Å². The van der Waals surface area contributed by atoms with Crippen LogP contribution in [0, 0.1) is 13.8 Å². The highest BCUT2D eigenvalue weighted by atomic mass is 16.5. The van der Waals surface area contributed by atoms with Crippen LogP contribution in [-0.2, 0) is 14.3 Å². The number of para-hydroxylation sites is 1. The molecule has 8 nitrogen and oxygen atoms in total. The van der Waals surface area contributed by atoms with Crippen molar-refractivity contribution in [2.45, 2.75) is 33.8 Å². The number of amides is 1. The summed E-state index contributed by atoms with van der Waals surface area (Å²) in [6.45, 7) is 6.40. The molecule has 0 aliphatic heterocycles. The highest BCUT2D eigenvalue weighted by molar-refractivity contribution is 6.02. The molecule has 2 aromatic rings. The van der Waals surface area contributed by atoms with Gasteiger partial charge in [-0.15, -0.1) is 0 Å². The zero-order valence-electron chi connectivity index (χ0n) is 16.3. The fraction of sp³-hybridized carbons (Fsp3) is 0.350. The predicted octanol–water partition coefficient (Wildman–Crippen LogP) is 2.66. The summed E-state index contributed by atoms with van der Waals surface area (Å²) in [5.74, 6) is -1.86. The van der Waals surface area contributed by atoms with Crippen molar-refractivity contribution in [3.63, 3.8) is 0 Å². The van der Waals surface area contributed by atoms with E-state index in [4.69, 9.17) is 9.47 Å². The molecule has 0 spiro atoms. The van der Waals surface area contributed by atoms with Gasteiger partial charge in [0.1, 0.15) is 5.69 Å². The first kappa shape index (κ1) is 21.2. The molecule has 0 aliphatic rings. The third-order valence-corrected chi connectivity index (χ3v) is 4.15. The molecule has 0 fully saturated rings. The number of aromatic nitrogens is 1. The molecule has 2 rings (SSSR count). The second-order valence-corrected chi connectivity index (χ2v) is 6.23. The first-order chi connectivity index (χ1) is 13.3. The third kappa shape index (κ3) is 4.77. The molecule has 1 heterocycles. The Morgan fingerprint density at radius 1 is 1.14 bits per heavy atom. The molecule has 0 radical (unpaired) electrons. The number of carbonyl (C=O) groups is 3. The SMILES string of the molecule is CCOC(=O)c1ccccc1NC(=O)COC(=O)c1[nH]c(C)c([C@H](C)O)c1C. The molecule has 1 aromatic heterocycles. The number of esters is 2. The fourth-order valence-electron chi connectivity index (χ4n) is 2.96. The minimum atomic E-state index is -0.736. The lowest BCUT2D eigenvalue weighted by molar-refractivity contribution is -0.119. The van der Waals surface area contributed by atoms with Crippen LogP contribution in [-0.4, -0.2) is 41.2 Å². The topological polar surface area (TPSA) is 118 Å². The van der Waals surface area contributed by atoms with E-state index in [0.717, 1.165) is 0 Å². The molecular weight excluding hydrogens is 364 g/mol. The number of aryl methyl sites for hydroxylation is 1. The Labute approximate surface area is 162 Å². The van der Waals surface area contributed by atoms with Gasteiger partial charge in [-0.1, -0.05) is 12.1 Å². The third-order valence-electron chi connectivity index (χ3n) is 4.15. The van der Waals surface area contributed by atoms with E-state index in [2.05, 4.69) is 10.3 Å². The summed E-state index contributed by atoms with van der Waals surface area (Å²) in [7, 11) is 0. The zero-order valence-corrected chi connectivity index (χ0v) is 16.3. The number of ether oxygens (including phenoxy) is 2. The number of rotatable bonds is 7. The summed E-state index contributed by atoms with van der Waals surface area (Å²) >= 11 is 0. The van der Waals surface area contributed by atoms with Crippen LogP contribution in [0.15, 0.2) is 24.3 Å². The maximum Gasteiger partial charge on any atom is 0.355 e. The number of benzene rings is 1. The summed E-state index contributed by atoms with van der Waals surface area (Å²) in [6, 6.07) is 6.40. The van der Waals surface area contributed by atoms with Crippen LogP contribution < -0.4 is 5.32 Å². The largest absolute Gasteiger partial charge is 0.462 e. The van der Waals surface area contributed by atoms with E-state index >= 15 is 0 Å². The van der Waals surface area contributed by atoms with Gasteiger partial charge in [0.15, 0.2) is 6.61 Å². The Kier molecular flexibility index (Phi) is 6.94. The van der Waals surface area contributed by atoms with Gasteiger partial charge in [-0.25, -0.2) is 9.59 Å². The van der Waals surface area contributed by atoms with E-state index in [1.165, 1.54) is 6.07 Å². The number of aromatic amines is 1. The molecule has 28 heavy (non-hydrogen) atoms. The minimum Gasteiger partial charge on any atom is -0.462 e. The number of hydrogen-bond acceptors (Lipinski definition) is 6. The van der Waals surface area contributed by atoms with Gasteiger partial charge < -0.3 is 24.9 Å². The first-order valence-electron chi connectivity index (χ1n) is 8.86. The average molecular weight is 388 g/mol. The fourth-order valence-corrected chi connectivity index (χ4v) is 2.96. The van der Waals surface area contributed by atoms with Gasteiger partial charge in [0.05, 0.1) is 24.0 Å². The van der Waals surface area contributed by atoms with Gasteiger partial charge in [-0.3, -0.25) is 4.79 Å². The molecular formula is C20H24N2O6. The normalized spacial score (nSPS) is 11.6. The number of carbonyl (C=O) groups excluding carboxylic acids is 3. The highest BCUT2D eigenvalue weighted by Crippen LogP contribution is 2.25. The van der Waals surface area contributed by atoms with Crippen molar-refractivity contribution >= 4 is 23.5 Å². The Morgan fingerprint density at radius 3 is 2.43 bits per heavy atom. The maximum atomic E-state index is 12.3. The lowest BCUT2D eigenvalue weighted by Crippen LogP contribution is -2.22. The van der Waals surface area contributed by atoms with Crippen LogP contribution in [0.3, 0.4) is 0 Å². The highest BCUT2D eigenvalue weighted by Gasteiger charge is 2.22. The zero-order chi connectivity index (χ0) is 20.8. The lowest BCUT2D eigenvalue weighted by Gasteiger charge is -2.10. The van der Waals surface area contributed by atoms with Crippen molar-refractivity contribution < 1.29 is 29.0 Å². The van der Waals surface area contributed by atoms with Crippen molar-refractivity contribution in [2.24, 2.45) is 0 Å². The van der Waals surface area contributed by atoms with Crippen LogP contribution >= 0.6 is 0 Å².